The van der Waals surface area contributed by atoms with E-state index in [9.17, 15) is 9.13 Å². The van der Waals surface area contributed by atoms with E-state index in [0.29, 0.717) is 0 Å². The van der Waals surface area contributed by atoms with E-state index in [4.69, 9.17) is 9.79 Å². The summed E-state index contributed by atoms with van der Waals surface area (Å²) in [7, 11) is -8.54. The quantitative estimate of drug-likeness (QED) is 0.731. The van der Waals surface area contributed by atoms with Crippen molar-refractivity contribution < 1.29 is 27.1 Å². The van der Waals surface area contributed by atoms with E-state index in [0.717, 1.165) is 0 Å². The highest BCUT2D eigenvalue weighted by Crippen LogP contribution is 2.60. The van der Waals surface area contributed by atoms with Crippen LogP contribution in [0.5, 0.6) is 0 Å². The van der Waals surface area contributed by atoms with Gasteiger partial charge in [0.25, 0.3) is 0 Å². The molecule has 0 aliphatic carbocycles. The van der Waals surface area contributed by atoms with E-state index in [-0.39, 0.29) is 0 Å². The normalized spacial score (nSPS) is 13.5. The lowest BCUT2D eigenvalue weighted by molar-refractivity contribution is 0.370. The largest absolute Gasteiger partial charge is 0.375 e. The highest BCUT2D eigenvalue weighted by molar-refractivity contribution is 7.71. The molecule has 0 atom stereocenters. The van der Waals surface area contributed by atoms with Crippen LogP contribution >= 0.6 is 38.9 Å². The molecule has 0 rings (SSSR count). The summed E-state index contributed by atoms with van der Waals surface area (Å²) in [5, 5.41) is 0. The Morgan fingerprint density at radius 2 is 1.55 bits per heavy atom. The van der Waals surface area contributed by atoms with Crippen molar-refractivity contribution in [3.05, 3.63) is 0 Å². The van der Waals surface area contributed by atoms with Crippen LogP contribution in [0.2, 0.25) is 0 Å². The summed E-state index contributed by atoms with van der Waals surface area (Å²) in [4.78, 5) is 16.6. The fourth-order valence-electron chi connectivity index (χ4n) is 0.280. The van der Waals surface area contributed by atoms with Gasteiger partial charge in [0.15, 0.2) is 5.90 Å². The third kappa shape index (κ3) is 5.17. The van der Waals surface area contributed by atoms with Crippen molar-refractivity contribution in [1.29, 1.82) is 0 Å². The minimum atomic E-state index is -4.50. The predicted octanol–water partition coefficient (Wildman–Crippen LogP) is 1.66. The maximum atomic E-state index is 10.8. The van der Waals surface area contributed by atoms with Crippen molar-refractivity contribution in [3.8, 4) is 0 Å². The Labute approximate surface area is 72.4 Å². The summed E-state index contributed by atoms with van der Waals surface area (Å²) in [6, 6.07) is 0. The zero-order valence-electron chi connectivity index (χ0n) is 4.88. The Kier molecular flexibility index (Phi) is 4.55. The van der Waals surface area contributed by atoms with Crippen molar-refractivity contribution in [2.24, 2.45) is 0 Å². The summed E-state index contributed by atoms with van der Waals surface area (Å²) in [6.45, 7) is 0. The molecule has 0 aromatic rings. The molecule has 0 spiro atoms. The Morgan fingerprint density at radius 1 is 1.18 bits per heavy atom. The Morgan fingerprint density at radius 3 is 1.64 bits per heavy atom. The smallest absolute Gasteiger partial charge is 0.324 e. The molecular formula is CH4Cl2O6P2. The van der Waals surface area contributed by atoms with E-state index in [1.807, 2.05) is 0 Å². The average molecular weight is 245 g/mol. The van der Waals surface area contributed by atoms with E-state index in [1.54, 1.807) is 0 Å². The first kappa shape index (κ1) is 11.9. The van der Waals surface area contributed by atoms with Gasteiger partial charge in [0.2, 0.25) is 0 Å². The molecule has 0 heterocycles. The second-order valence-electron chi connectivity index (χ2n) is 1.56. The first-order valence-electron chi connectivity index (χ1n) is 2.07. The lowest BCUT2D eigenvalue weighted by Crippen LogP contribution is -1.90. The standard InChI is InChI=1S/CH4Cl2O6P2/c2-8-11(7,9-3)1-10(4,5)6/h1H2,(H2,4,5,6). The summed E-state index contributed by atoms with van der Waals surface area (Å²) < 4.78 is 28.3. The minimum Gasteiger partial charge on any atom is -0.324 e. The maximum Gasteiger partial charge on any atom is 0.375 e. The minimum absolute atomic E-state index is 1.15. The van der Waals surface area contributed by atoms with Gasteiger partial charge >= 0.3 is 15.2 Å². The average Bonchev–Trinajstić information content (AvgIpc) is 1.84. The molecular weight excluding hydrogens is 241 g/mol. The molecule has 0 amide bonds. The van der Waals surface area contributed by atoms with Crippen molar-refractivity contribution in [2.75, 3.05) is 5.90 Å². The van der Waals surface area contributed by atoms with Gasteiger partial charge in [-0.1, -0.05) is 0 Å². The molecule has 0 saturated heterocycles. The second kappa shape index (κ2) is 4.21. The molecule has 0 aromatic heterocycles. The van der Waals surface area contributed by atoms with E-state index in [1.165, 1.54) is 0 Å². The van der Waals surface area contributed by atoms with Crippen LogP contribution < -0.4 is 0 Å². The molecule has 0 bridgehead atoms. The molecule has 2 N–H and O–H groups in total. The van der Waals surface area contributed by atoms with Crippen molar-refractivity contribution in [2.45, 2.75) is 0 Å². The number of halogens is 2. The Bertz CT molecular complexity index is 201. The number of rotatable bonds is 4. The molecule has 0 aliphatic rings. The van der Waals surface area contributed by atoms with Gasteiger partial charge in [0, 0.05) is 0 Å². The first-order valence-corrected chi connectivity index (χ1v) is 6.21. The van der Waals surface area contributed by atoms with Crippen LogP contribution in [0.15, 0.2) is 0 Å². The van der Waals surface area contributed by atoms with Gasteiger partial charge < -0.3 is 9.79 Å². The lowest BCUT2D eigenvalue weighted by Gasteiger charge is -2.09. The molecule has 0 unspecified atom stereocenters. The van der Waals surface area contributed by atoms with Crippen LogP contribution in [0, 0.1) is 0 Å². The van der Waals surface area contributed by atoms with Crippen LogP contribution in [-0.4, -0.2) is 15.7 Å². The highest BCUT2D eigenvalue weighted by Gasteiger charge is 2.34. The predicted molar refractivity (Wildman–Crippen MR) is 38.4 cm³/mol. The zero-order chi connectivity index (χ0) is 9.12. The van der Waals surface area contributed by atoms with Crippen LogP contribution in [-0.2, 0) is 17.3 Å². The van der Waals surface area contributed by atoms with E-state index < -0.39 is 21.1 Å². The summed E-state index contributed by atoms with van der Waals surface area (Å²) in [5.74, 6) is -1.15. The van der Waals surface area contributed by atoms with Gasteiger partial charge in [-0.25, -0.2) is 0 Å². The number of hydrogen-bond acceptors (Lipinski definition) is 4. The Balaban J connectivity index is 4.34. The summed E-state index contributed by atoms with van der Waals surface area (Å²) in [5.41, 5.74) is 0. The molecule has 68 valence electrons. The SMILES string of the molecule is O=P(O)(O)CP(=O)(OCl)OCl. The van der Waals surface area contributed by atoms with Gasteiger partial charge in [0.05, 0.1) is 23.7 Å². The van der Waals surface area contributed by atoms with Gasteiger partial charge in [-0.05, 0) is 0 Å². The first-order chi connectivity index (χ1) is 4.83. The van der Waals surface area contributed by atoms with Crippen molar-refractivity contribution in [1.82, 2.24) is 0 Å². The number of hydrogen-bond donors (Lipinski definition) is 2. The topological polar surface area (TPSA) is 93.1 Å². The van der Waals surface area contributed by atoms with Gasteiger partial charge in [-0.3, -0.25) is 9.13 Å². The van der Waals surface area contributed by atoms with Crippen molar-refractivity contribution in [3.63, 3.8) is 0 Å². The maximum absolute atomic E-state index is 10.8. The highest BCUT2D eigenvalue weighted by atomic mass is 35.5. The summed E-state index contributed by atoms with van der Waals surface area (Å²) >= 11 is 9.20. The lowest BCUT2D eigenvalue weighted by atomic mass is 11.9. The van der Waals surface area contributed by atoms with E-state index in [2.05, 4.69) is 31.9 Å². The van der Waals surface area contributed by atoms with Crippen LogP contribution in [0.25, 0.3) is 0 Å². The van der Waals surface area contributed by atoms with E-state index >= 15 is 0 Å². The van der Waals surface area contributed by atoms with Gasteiger partial charge in [-0.15, -0.1) is 0 Å². The zero-order valence-corrected chi connectivity index (χ0v) is 8.19. The molecule has 0 radical (unpaired) electrons. The summed E-state index contributed by atoms with van der Waals surface area (Å²) in [6.07, 6.45) is 0. The second-order valence-corrected chi connectivity index (χ2v) is 6.34. The third-order valence-corrected chi connectivity index (χ3v) is 5.11. The van der Waals surface area contributed by atoms with Gasteiger partial charge in [-0.2, -0.15) is 8.15 Å². The molecule has 0 saturated carbocycles. The molecule has 0 aromatic carbocycles. The van der Waals surface area contributed by atoms with Gasteiger partial charge in [0.1, 0.15) is 0 Å². The monoisotopic (exact) mass is 244 g/mol. The molecule has 11 heavy (non-hydrogen) atoms. The Hall–Kier alpha value is 0.880. The molecule has 6 nitrogen and oxygen atoms in total. The fraction of sp³-hybridized carbons (Fsp3) is 1.00. The van der Waals surface area contributed by atoms with Crippen molar-refractivity contribution >= 4 is 38.9 Å². The fourth-order valence-corrected chi connectivity index (χ4v) is 3.50. The molecule has 0 fully saturated rings. The third-order valence-electron chi connectivity index (χ3n) is 0.568. The van der Waals surface area contributed by atoms with Crippen LogP contribution in [0.3, 0.4) is 0 Å². The van der Waals surface area contributed by atoms with Crippen LogP contribution in [0.1, 0.15) is 0 Å². The molecule has 0 aliphatic heterocycles. The van der Waals surface area contributed by atoms with Crippen LogP contribution in [0.4, 0.5) is 0 Å². The molecule has 10 heteroatoms.